The molecule has 5 rings (SSSR count). The van der Waals surface area contributed by atoms with Crippen LogP contribution in [0.3, 0.4) is 0 Å². The molecule has 166 valence electrons. The molecule has 2 aromatic carbocycles. The highest BCUT2D eigenvalue weighted by molar-refractivity contribution is 7.99. The lowest BCUT2D eigenvalue weighted by molar-refractivity contribution is 0.504. The molecule has 33 heavy (non-hydrogen) atoms. The molecule has 0 N–H and O–H groups in total. The van der Waals surface area contributed by atoms with Crippen LogP contribution in [0.5, 0.6) is 0 Å². The topological polar surface area (TPSA) is 56.9 Å². The summed E-state index contributed by atoms with van der Waals surface area (Å²) in [5.74, 6) is 0.262. The van der Waals surface area contributed by atoms with Crippen LogP contribution in [0, 0.1) is 5.92 Å². The Bertz CT molecular complexity index is 1590. The second-order valence-corrected chi connectivity index (χ2v) is 10.4. The number of rotatable bonds is 5. The minimum atomic E-state index is -0.277. The third-order valence-electron chi connectivity index (χ3n) is 5.55. The molecule has 0 atom stereocenters. The predicted octanol–water partition coefficient (Wildman–Crippen LogP) is 5.78. The van der Waals surface area contributed by atoms with Crippen molar-refractivity contribution in [3.8, 4) is 10.4 Å². The maximum absolute atomic E-state index is 13.4. The first kappa shape index (κ1) is 21.7. The monoisotopic (exact) mass is 473 g/mol. The third kappa shape index (κ3) is 3.81. The summed E-state index contributed by atoms with van der Waals surface area (Å²) >= 11 is 3.00. The van der Waals surface area contributed by atoms with E-state index in [1.807, 2.05) is 36.4 Å². The summed E-state index contributed by atoms with van der Waals surface area (Å²) < 4.78 is 2.98. The number of hydrogen-bond donors (Lipinski definition) is 0. The van der Waals surface area contributed by atoms with Crippen molar-refractivity contribution < 1.29 is 0 Å². The van der Waals surface area contributed by atoms with Gasteiger partial charge in [-0.1, -0.05) is 74.1 Å². The first-order valence-corrected chi connectivity index (χ1v) is 12.4. The van der Waals surface area contributed by atoms with Crippen molar-refractivity contribution in [3.63, 3.8) is 0 Å². The molecule has 0 aliphatic rings. The zero-order valence-electron chi connectivity index (χ0n) is 18.6. The number of pyridine rings is 1. The normalized spacial score (nSPS) is 11.6. The van der Waals surface area contributed by atoms with Gasteiger partial charge in [-0.05, 0) is 28.8 Å². The molecule has 0 radical (unpaired) electrons. The fraction of sp³-hybridized carbons (Fsp3) is 0.192. The maximum Gasteiger partial charge on any atom is 0.331 e. The van der Waals surface area contributed by atoms with E-state index >= 15 is 0 Å². The lowest BCUT2D eigenvalue weighted by Gasteiger charge is -2.11. The molecular weight excluding hydrogens is 450 g/mol. The number of thiophene rings is 1. The second kappa shape index (κ2) is 8.65. The molecule has 0 aliphatic carbocycles. The Morgan fingerprint density at radius 1 is 1.00 bits per heavy atom. The fourth-order valence-corrected chi connectivity index (χ4v) is 6.55. The van der Waals surface area contributed by atoms with Gasteiger partial charge in [0.1, 0.15) is 9.86 Å². The van der Waals surface area contributed by atoms with Gasteiger partial charge in [0, 0.05) is 30.2 Å². The van der Waals surface area contributed by atoms with Gasteiger partial charge in [0.2, 0.25) is 0 Å². The zero-order chi connectivity index (χ0) is 23.1. The van der Waals surface area contributed by atoms with Gasteiger partial charge in [0.25, 0.3) is 5.56 Å². The van der Waals surface area contributed by atoms with Crippen molar-refractivity contribution in [2.75, 3.05) is 0 Å². The molecule has 5 aromatic rings. The molecule has 3 aromatic heterocycles. The molecule has 0 bridgehead atoms. The zero-order valence-corrected chi connectivity index (χ0v) is 20.2. The van der Waals surface area contributed by atoms with Crippen molar-refractivity contribution in [1.29, 1.82) is 0 Å². The fourth-order valence-electron chi connectivity index (χ4n) is 4.04. The number of nitrogens with zero attached hydrogens (tertiary/aromatic N) is 3. The highest BCUT2D eigenvalue weighted by atomic mass is 32.2. The van der Waals surface area contributed by atoms with E-state index in [9.17, 15) is 9.59 Å². The summed E-state index contributed by atoms with van der Waals surface area (Å²) in [5, 5.41) is 3.64. The smallest absolute Gasteiger partial charge is 0.284 e. The SMILES string of the molecule is CC(C)Cn1c(=O)n(C)c(=O)c2c(Sc3ccccn3)c(-c3cccc4ccccc34)sc21. The van der Waals surface area contributed by atoms with Gasteiger partial charge < -0.3 is 0 Å². The first-order valence-electron chi connectivity index (χ1n) is 10.8. The van der Waals surface area contributed by atoms with E-state index in [-0.39, 0.29) is 17.2 Å². The van der Waals surface area contributed by atoms with Gasteiger partial charge >= 0.3 is 5.69 Å². The molecule has 0 saturated carbocycles. The van der Waals surface area contributed by atoms with Gasteiger partial charge in [0.15, 0.2) is 0 Å². The summed E-state index contributed by atoms with van der Waals surface area (Å²) in [6.45, 7) is 4.70. The average molecular weight is 474 g/mol. The van der Waals surface area contributed by atoms with Crippen molar-refractivity contribution in [2.45, 2.75) is 30.3 Å². The van der Waals surface area contributed by atoms with Crippen molar-refractivity contribution in [2.24, 2.45) is 13.0 Å². The van der Waals surface area contributed by atoms with E-state index < -0.39 is 0 Å². The van der Waals surface area contributed by atoms with Gasteiger partial charge in [-0.15, -0.1) is 11.3 Å². The molecule has 0 fully saturated rings. The number of hydrogen-bond acceptors (Lipinski definition) is 5. The quantitative estimate of drug-likeness (QED) is 0.324. The lowest BCUT2D eigenvalue weighted by Crippen LogP contribution is -2.38. The van der Waals surface area contributed by atoms with E-state index in [1.165, 1.54) is 27.7 Å². The Morgan fingerprint density at radius 2 is 1.76 bits per heavy atom. The van der Waals surface area contributed by atoms with Crippen LogP contribution in [0.2, 0.25) is 0 Å². The molecule has 5 nitrogen and oxygen atoms in total. The summed E-state index contributed by atoms with van der Waals surface area (Å²) in [4.78, 5) is 33.6. The van der Waals surface area contributed by atoms with E-state index in [0.717, 1.165) is 36.0 Å². The summed E-state index contributed by atoms with van der Waals surface area (Å²) in [7, 11) is 1.56. The van der Waals surface area contributed by atoms with E-state index in [0.29, 0.717) is 11.9 Å². The number of benzene rings is 2. The van der Waals surface area contributed by atoms with Crippen LogP contribution >= 0.6 is 23.1 Å². The van der Waals surface area contributed by atoms with Crippen LogP contribution < -0.4 is 11.2 Å². The van der Waals surface area contributed by atoms with Crippen LogP contribution in [0.4, 0.5) is 0 Å². The minimum Gasteiger partial charge on any atom is -0.284 e. The Morgan fingerprint density at radius 3 is 2.52 bits per heavy atom. The largest absolute Gasteiger partial charge is 0.331 e. The van der Waals surface area contributed by atoms with Crippen LogP contribution in [-0.2, 0) is 13.6 Å². The Hall–Kier alpha value is -3.16. The first-order chi connectivity index (χ1) is 16.0. The van der Waals surface area contributed by atoms with Crippen LogP contribution in [-0.4, -0.2) is 14.1 Å². The maximum atomic E-state index is 13.4. The van der Waals surface area contributed by atoms with Gasteiger partial charge in [-0.25, -0.2) is 9.78 Å². The van der Waals surface area contributed by atoms with Gasteiger partial charge in [-0.2, -0.15) is 0 Å². The number of fused-ring (bicyclic) bond motifs is 2. The highest BCUT2D eigenvalue weighted by Gasteiger charge is 2.24. The highest BCUT2D eigenvalue weighted by Crippen LogP contribution is 2.46. The van der Waals surface area contributed by atoms with E-state index in [4.69, 9.17) is 0 Å². The van der Waals surface area contributed by atoms with Gasteiger partial charge in [-0.3, -0.25) is 13.9 Å². The molecule has 0 amide bonds. The Labute approximate surface area is 199 Å². The Kier molecular flexibility index (Phi) is 5.68. The molecule has 3 heterocycles. The predicted molar refractivity (Wildman–Crippen MR) is 137 cm³/mol. The van der Waals surface area contributed by atoms with Crippen LogP contribution in [0.1, 0.15) is 13.8 Å². The van der Waals surface area contributed by atoms with E-state index in [2.05, 4.69) is 43.1 Å². The van der Waals surface area contributed by atoms with Crippen LogP contribution in [0.25, 0.3) is 31.4 Å². The molecule has 0 unspecified atom stereocenters. The molecular formula is C26H23N3O2S2. The van der Waals surface area contributed by atoms with Gasteiger partial charge in [0.05, 0.1) is 10.3 Å². The molecule has 0 spiro atoms. The second-order valence-electron chi connectivity index (χ2n) is 8.39. The standard InChI is InChI=1S/C26H23N3O2S2/c1-16(2)15-29-25-21(24(30)28(3)26(29)31)23(32-20-13-6-7-14-27-20)22(33-25)19-12-8-10-17-9-4-5-11-18(17)19/h4-14,16H,15H2,1-3H3. The van der Waals surface area contributed by atoms with Crippen molar-refractivity contribution in [3.05, 3.63) is 87.7 Å². The summed E-state index contributed by atoms with van der Waals surface area (Å²) in [6.07, 6.45) is 1.75. The summed E-state index contributed by atoms with van der Waals surface area (Å²) in [5.41, 5.74) is 0.510. The summed E-state index contributed by atoms with van der Waals surface area (Å²) in [6, 6.07) is 20.2. The lowest BCUT2D eigenvalue weighted by atomic mass is 10.0. The number of aromatic nitrogens is 3. The van der Waals surface area contributed by atoms with E-state index in [1.54, 1.807) is 17.8 Å². The molecule has 0 saturated heterocycles. The van der Waals surface area contributed by atoms with Crippen molar-refractivity contribution >= 4 is 44.1 Å². The Balaban J connectivity index is 1.90. The molecule has 7 heteroatoms. The minimum absolute atomic E-state index is 0.262. The average Bonchev–Trinajstić information content (AvgIpc) is 3.19. The van der Waals surface area contributed by atoms with Crippen LogP contribution in [0.15, 0.2) is 86.4 Å². The molecule has 0 aliphatic heterocycles. The third-order valence-corrected chi connectivity index (χ3v) is 7.99. The van der Waals surface area contributed by atoms with Crippen molar-refractivity contribution in [1.82, 2.24) is 14.1 Å².